The number of carbonyl (C=O) groups excluding carboxylic acids is 1. The van der Waals surface area contributed by atoms with Gasteiger partial charge in [-0.25, -0.2) is 4.98 Å². The maximum Gasteiger partial charge on any atom is 0.232 e. The van der Waals surface area contributed by atoms with E-state index in [4.69, 9.17) is 5.73 Å². The van der Waals surface area contributed by atoms with Crippen molar-refractivity contribution in [3.63, 3.8) is 0 Å². The van der Waals surface area contributed by atoms with E-state index >= 15 is 0 Å². The summed E-state index contributed by atoms with van der Waals surface area (Å²) in [6, 6.07) is 5.89. The second kappa shape index (κ2) is 6.21. The number of carbonyl (C=O) groups is 1. The van der Waals surface area contributed by atoms with Gasteiger partial charge in [-0.2, -0.15) is 0 Å². The van der Waals surface area contributed by atoms with Gasteiger partial charge in [-0.05, 0) is 88.3 Å². The van der Waals surface area contributed by atoms with E-state index in [0.29, 0.717) is 12.5 Å². The Morgan fingerprint density at radius 3 is 2.38 bits per heavy atom. The van der Waals surface area contributed by atoms with Crippen LogP contribution in [0.15, 0.2) is 18.2 Å². The number of imidazole rings is 1. The topological polar surface area (TPSA) is 84.4 Å². The second-order valence-electron chi connectivity index (χ2n) is 10.6. The second-order valence-corrected chi connectivity index (χ2v) is 10.6. The van der Waals surface area contributed by atoms with Crippen LogP contribution in [-0.2, 0) is 11.3 Å². The van der Waals surface area contributed by atoms with Crippen LogP contribution >= 0.6 is 0 Å². The Balaban J connectivity index is 1.44. The van der Waals surface area contributed by atoms with Gasteiger partial charge in [-0.3, -0.25) is 4.79 Å². The highest BCUT2D eigenvalue weighted by Crippen LogP contribution is 2.60. The molecule has 0 aliphatic heterocycles. The van der Waals surface area contributed by atoms with E-state index in [-0.39, 0.29) is 11.3 Å². The summed E-state index contributed by atoms with van der Waals surface area (Å²) < 4.78 is 1.83. The molecule has 4 saturated carbocycles. The maximum atomic E-state index is 13.6. The van der Waals surface area contributed by atoms with Crippen molar-refractivity contribution in [2.24, 2.45) is 23.2 Å². The average Bonchev–Trinajstić information content (AvgIpc) is 2.92. The van der Waals surface area contributed by atoms with Crippen molar-refractivity contribution < 1.29 is 9.90 Å². The van der Waals surface area contributed by atoms with Crippen LogP contribution in [0.5, 0.6) is 0 Å². The zero-order chi connectivity index (χ0) is 20.6. The van der Waals surface area contributed by atoms with Gasteiger partial charge in [0.25, 0.3) is 0 Å². The molecule has 0 spiro atoms. The first-order valence-corrected chi connectivity index (χ1v) is 10.9. The lowest BCUT2D eigenvalue weighted by molar-refractivity contribution is -0.143. The Labute approximate surface area is 172 Å². The van der Waals surface area contributed by atoms with Crippen LogP contribution in [0.1, 0.15) is 52.4 Å². The number of nitrogens with zero attached hydrogens (tertiary/aromatic N) is 3. The lowest BCUT2D eigenvalue weighted by atomic mass is 9.49. The molecule has 0 saturated heterocycles. The fourth-order valence-electron chi connectivity index (χ4n) is 6.74. The van der Waals surface area contributed by atoms with Crippen molar-refractivity contribution in [3.05, 3.63) is 18.2 Å². The zero-order valence-corrected chi connectivity index (χ0v) is 17.7. The largest absolute Gasteiger partial charge is 0.389 e. The number of benzene rings is 1. The monoisotopic (exact) mass is 396 g/mol. The summed E-state index contributed by atoms with van der Waals surface area (Å²) in [6.07, 6.45) is 7.20. The Kier molecular flexibility index (Phi) is 4.05. The fraction of sp³-hybridized carbons (Fsp3) is 0.652. The number of amides is 1. The maximum absolute atomic E-state index is 13.6. The molecular formula is C23H32N4O2. The van der Waals surface area contributed by atoms with Crippen molar-refractivity contribution in [1.29, 1.82) is 0 Å². The minimum absolute atomic E-state index is 0.155. The predicted molar refractivity (Wildman–Crippen MR) is 114 cm³/mol. The summed E-state index contributed by atoms with van der Waals surface area (Å²) in [5, 5.41) is 10.2. The number of anilines is 2. The van der Waals surface area contributed by atoms with Crippen LogP contribution in [0, 0.1) is 23.2 Å². The number of nitrogens with two attached hydrogens (primary N) is 1. The van der Waals surface area contributed by atoms with Gasteiger partial charge < -0.3 is 20.3 Å². The number of rotatable bonds is 4. The molecule has 1 heterocycles. The first-order valence-electron chi connectivity index (χ1n) is 10.9. The molecule has 4 bridgehead atoms. The van der Waals surface area contributed by atoms with Gasteiger partial charge in [-0.15, -0.1) is 0 Å². The summed E-state index contributed by atoms with van der Waals surface area (Å²) in [6.45, 7) is 3.88. The molecule has 0 atom stereocenters. The summed E-state index contributed by atoms with van der Waals surface area (Å²) in [4.78, 5) is 20.0. The van der Waals surface area contributed by atoms with Gasteiger partial charge in [0.1, 0.15) is 0 Å². The van der Waals surface area contributed by atoms with Crippen LogP contribution in [0.2, 0.25) is 0 Å². The lowest BCUT2D eigenvalue weighted by Gasteiger charge is -2.56. The van der Waals surface area contributed by atoms with Crippen molar-refractivity contribution in [3.8, 4) is 0 Å². The molecule has 4 aliphatic rings. The molecule has 156 valence electrons. The molecule has 29 heavy (non-hydrogen) atoms. The Morgan fingerprint density at radius 2 is 1.83 bits per heavy atom. The molecule has 6 nitrogen and oxygen atoms in total. The van der Waals surface area contributed by atoms with Crippen molar-refractivity contribution in [2.75, 3.05) is 17.7 Å². The van der Waals surface area contributed by atoms with Crippen LogP contribution in [0.4, 0.5) is 11.6 Å². The third kappa shape index (κ3) is 3.12. The highest BCUT2D eigenvalue weighted by atomic mass is 16.3. The van der Waals surface area contributed by atoms with E-state index in [0.717, 1.165) is 53.7 Å². The normalized spacial score (nSPS) is 30.8. The smallest absolute Gasteiger partial charge is 0.232 e. The number of hydrogen-bond acceptors (Lipinski definition) is 4. The Bertz CT molecular complexity index is 936. The first-order chi connectivity index (χ1) is 13.6. The Morgan fingerprint density at radius 1 is 1.24 bits per heavy atom. The van der Waals surface area contributed by atoms with Gasteiger partial charge in [0.15, 0.2) is 0 Å². The summed E-state index contributed by atoms with van der Waals surface area (Å²) >= 11 is 0. The average molecular weight is 397 g/mol. The number of nitrogen functional groups attached to an aromatic ring is 1. The van der Waals surface area contributed by atoms with Gasteiger partial charge in [0, 0.05) is 12.7 Å². The molecule has 4 fully saturated rings. The van der Waals surface area contributed by atoms with Crippen LogP contribution in [0.25, 0.3) is 11.0 Å². The van der Waals surface area contributed by atoms with Gasteiger partial charge in [-0.1, -0.05) is 0 Å². The van der Waals surface area contributed by atoms with E-state index in [1.165, 1.54) is 19.3 Å². The molecular weight excluding hydrogens is 364 g/mol. The van der Waals surface area contributed by atoms with E-state index in [1.807, 2.05) is 34.7 Å². The molecule has 2 aromatic rings. The molecule has 6 rings (SSSR count). The van der Waals surface area contributed by atoms with Gasteiger partial charge in [0.05, 0.1) is 28.6 Å². The lowest BCUT2D eigenvalue weighted by Crippen LogP contribution is -2.54. The zero-order valence-electron chi connectivity index (χ0n) is 17.7. The third-order valence-corrected chi connectivity index (χ3v) is 7.49. The third-order valence-electron chi connectivity index (χ3n) is 7.49. The number of aliphatic hydroxyl groups is 1. The quantitative estimate of drug-likeness (QED) is 0.827. The number of aromatic nitrogens is 2. The number of fused-ring (bicyclic) bond motifs is 1. The van der Waals surface area contributed by atoms with Crippen LogP contribution in [0.3, 0.4) is 0 Å². The molecule has 1 amide bonds. The highest BCUT2D eigenvalue weighted by molar-refractivity contribution is 5.99. The molecule has 0 radical (unpaired) electrons. The first kappa shape index (κ1) is 18.9. The van der Waals surface area contributed by atoms with Gasteiger partial charge in [0.2, 0.25) is 11.9 Å². The molecule has 1 aromatic heterocycles. The molecule has 3 N–H and O–H groups in total. The van der Waals surface area contributed by atoms with Crippen molar-refractivity contribution in [1.82, 2.24) is 9.55 Å². The molecule has 0 unspecified atom stereocenters. The molecule has 1 aromatic carbocycles. The van der Waals surface area contributed by atoms with Crippen molar-refractivity contribution in [2.45, 2.75) is 64.5 Å². The summed E-state index contributed by atoms with van der Waals surface area (Å²) in [5.41, 5.74) is 7.58. The minimum atomic E-state index is -0.883. The standard InChI is InChI=1S/C23H32N4O2/c1-22(2,29)13-27-19-5-4-17(9-18(19)25-21(27)24)26(3)20(28)23-10-14-6-15(11-23)8-16(7-14)12-23/h4-5,9,14-16,29H,6-8,10-13H2,1-3H3,(H2,24,25). The van der Waals surface area contributed by atoms with Crippen LogP contribution in [-0.4, -0.2) is 33.2 Å². The van der Waals surface area contributed by atoms with E-state index in [2.05, 4.69) is 4.98 Å². The predicted octanol–water partition coefficient (Wildman–Crippen LogP) is 3.57. The van der Waals surface area contributed by atoms with Crippen molar-refractivity contribution >= 4 is 28.6 Å². The van der Waals surface area contributed by atoms with E-state index in [9.17, 15) is 9.90 Å². The fourth-order valence-corrected chi connectivity index (χ4v) is 6.74. The highest BCUT2D eigenvalue weighted by Gasteiger charge is 2.55. The van der Waals surface area contributed by atoms with Crippen LogP contribution < -0.4 is 10.6 Å². The summed E-state index contributed by atoms with van der Waals surface area (Å²) in [7, 11) is 1.90. The van der Waals surface area contributed by atoms with E-state index in [1.54, 1.807) is 13.8 Å². The minimum Gasteiger partial charge on any atom is -0.389 e. The Hall–Kier alpha value is -2.08. The number of hydrogen-bond donors (Lipinski definition) is 2. The SMILES string of the molecule is CN(C(=O)C12CC3CC(CC(C3)C1)C2)c1ccc2c(c1)nc(N)n2CC(C)(C)O. The summed E-state index contributed by atoms with van der Waals surface area (Å²) in [5.74, 6) is 2.91. The van der Waals surface area contributed by atoms with Gasteiger partial charge >= 0.3 is 0 Å². The molecule has 4 aliphatic carbocycles. The van der Waals surface area contributed by atoms with E-state index < -0.39 is 5.60 Å². The molecule has 6 heteroatoms.